The van der Waals surface area contributed by atoms with Gasteiger partial charge in [0.05, 0.1) is 6.42 Å². The lowest BCUT2D eigenvalue weighted by molar-refractivity contribution is -0.136. The summed E-state index contributed by atoms with van der Waals surface area (Å²) in [6.07, 6.45) is 1.91. The number of hydrogen-bond acceptors (Lipinski definition) is 1. The van der Waals surface area contributed by atoms with E-state index in [-0.39, 0.29) is 6.42 Å². The molecule has 0 aromatic heterocycles. The molecule has 0 atom stereocenters. The lowest BCUT2D eigenvalue weighted by Crippen LogP contribution is -2.00. The number of hydrogen-bond donors (Lipinski definition) is 1. The van der Waals surface area contributed by atoms with Crippen LogP contribution in [0, 0.1) is 0 Å². The number of carbonyl (C=O) groups is 1. The summed E-state index contributed by atoms with van der Waals surface area (Å²) in [7, 11) is 0. The van der Waals surface area contributed by atoms with Gasteiger partial charge in [0, 0.05) is 10.4 Å². The standard InChI is InChI=1S/C11H12BrClO2/c12-10-6-8(7-11(14)15)3-4-9(10)2-1-5-13/h3-4,6H,1-2,5,7H2,(H,14,15). The molecule has 0 saturated heterocycles. The van der Waals surface area contributed by atoms with Crippen LogP contribution < -0.4 is 0 Å². The van der Waals surface area contributed by atoms with E-state index in [1.54, 1.807) is 0 Å². The summed E-state index contributed by atoms with van der Waals surface area (Å²) in [5.74, 6) is -0.168. The second kappa shape index (κ2) is 6.13. The van der Waals surface area contributed by atoms with Crippen molar-refractivity contribution in [2.45, 2.75) is 19.3 Å². The Kier molecular flexibility index (Phi) is 5.12. The predicted molar refractivity (Wildman–Crippen MR) is 64.5 cm³/mol. The van der Waals surface area contributed by atoms with Gasteiger partial charge in [-0.3, -0.25) is 4.79 Å². The van der Waals surface area contributed by atoms with Crippen molar-refractivity contribution in [1.82, 2.24) is 0 Å². The summed E-state index contributed by atoms with van der Waals surface area (Å²) in [6.45, 7) is 0. The van der Waals surface area contributed by atoms with Gasteiger partial charge in [0.2, 0.25) is 0 Å². The van der Waals surface area contributed by atoms with Crippen LogP contribution in [0.3, 0.4) is 0 Å². The molecule has 0 aliphatic heterocycles. The molecule has 4 heteroatoms. The maximum absolute atomic E-state index is 10.5. The zero-order valence-corrected chi connectivity index (χ0v) is 10.5. The lowest BCUT2D eigenvalue weighted by Gasteiger charge is -2.05. The first-order chi connectivity index (χ1) is 7.13. The molecule has 0 aliphatic rings. The quantitative estimate of drug-likeness (QED) is 0.846. The Morgan fingerprint density at radius 1 is 1.47 bits per heavy atom. The number of aliphatic carboxylic acids is 1. The molecule has 0 heterocycles. The molecule has 0 amide bonds. The molecule has 0 radical (unpaired) electrons. The summed E-state index contributed by atoms with van der Waals surface area (Å²) in [6, 6.07) is 5.66. The van der Waals surface area contributed by atoms with Crippen LogP contribution in [0.1, 0.15) is 17.5 Å². The normalized spacial score (nSPS) is 10.3. The van der Waals surface area contributed by atoms with Gasteiger partial charge in [-0.25, -0.2) is 0 Å². The predicted octanol–water partition coefficient (Wildman–Crippen LogP) is 3.25. The number of carboxylic acid groups (broad SMARTS) is 1. The molecular formula is C11H12BrClO2. The number of benzene rings is 1. The van der Waals surface area contributed by atoms with E-state index in [1.807, 2.05) is 18.2 Å². The van der Waals surface area contributed by atoms with Crippen LogP contribution in [0.4, 0.5) is 0 Å². The number of alkyl halides is 1. The molecule has 1 rings (SSSR count). The van der Waals surface area contributed by atoms with Gasteiger partial charge in [0.1, 0.15) is 0 Å². The van der Waals surface area contributed by atoms with Crippen molar-refractivity contribution < 1.29 is 9.90 Å². The zero-order chi connectivity index (χ0) is 11.3. The molecule has 0 unspecified atom stereocenters. The van der Waals surface area contributed by atoms with E-state index in [1.165, 1.54) is 5.56 Å². The third-order valence-corrected chi connectivity index (χ3v) is 3.06. The Labute approximate surface area is 102 Å². The largest absolute Gasteiger partial charge is 0.481 e. The van der Waals surface area contributed by atoms with Crippen LogP contribution in [0.15, 0.2) is 22.7 Å². The van der Waals surface area contributed by atoms with Crippen molar-refractivity contribution in [3.05, 3.63) is 33.8 Å². The molecule has 0 aliphatic carbocycles. The van der Waals surface area contributed by atoms with E-state index in [4.69, 9.17) is 16.7 Å². The second-order valence-corrected chi connectivity index (χ2v) is 4.52. The zero-order valence-electron chi connectivity index (χ0n) is 8.17. The highest BCUT2D eigenvalue weighted by atomic mass is 79.9. The molecule has 0 bridgehead atoms. The van der Waals surface area contributed by atoms with Gasteiger partial charge in [-0.1, -0.05) is 28.1 Å². The van der Waals surface area contributed by atoms with Crippen LogP contribution in [0.5, 0.6) is 0 Å². The topological polar surface area (TPSA) is 37.3 Å². The Balaban J connectivity index is 2.74. The first kappa shape index (κ1) is 12.5. The van der Waals surface area contributed by atoms with Gasteiger partial charge < -0.3 is 5.11 Å². The Morgan fingerprint density at radius 3 is 2.73 bits per heavy atom. The van der Waals surface area contributed by atoms with E-state index < -0.39 is 5.97 Å². The highest BCUT2D eigenvalue weighted by molar-refractivity contribution is 9.10. The number of carboxylic acids is 1. The second-order valence-electron chi connectivity index (χ2n) is 3.29. The van der Waals surface area contributed by atoms with Crippen molar-refractivity contribution >= 4 is 33.5 Å². The number of rotatable bonds is 5. The van der Waals surface area contributed by atoms with Crippen molar-refractivity contribution in [1.29, 1.82) is 0 Å². The van der Waals surface area contributed by atoms with Gasteiger partial charge in [-0.2, -0.15) is 0 Å². The van der Waals surface area contributed by atoms with Gasteiger partial charge in [0.25, 0.3) is 0 Å². The van der Waals surface area contributed by atoms with Crippen LogP contribution in [0.2, 0.25) is 0 Å². The Hall–Kier alpha value is -0.540. The van der Waals surface area contributed by atoms with E-state index in [2.05, 4.69) is 15.9 Å². The minimum Gasteiger partial charge on any atom is -0.481 e. The monoisotopic (exact) mass is 290 g/mol. The first-order valence-electron chi connectivity index (χ1n) is 4.68. The Bertz CT molecular complexity index is 352. The molecule has 0 fully saturated rings. The molecule has 2 nitrogen and oxygen atoms in total. The fraction of sp³-hybridized carbons (Fsp3) is 0.364. The lowest BCUT2D eigenvalue weighted by atomic mass is 10.1. The summed E-state index contributed by atoms with van der Waals surface area (Å²) < 4.78 is 0.964. The Morgan fingerprint density at radius 2 is 2.20 bits per heavy atom. The van der Waals surface area contributed by atoms with Gasteiger partial charge in [-0.15, -0.1) is 11.6 Å². The molecule has 0 spiro atoms. The summed E-state index contributed by atoms with van der Waals surface area (Å²) >= 11 is 9.04. The molecule has 1 N–H and O–H groups in total. The van der Waals surface area contributed by atoms with E-state index in [9.17, 15) is 4.79 Å². The molecule has 82 valence electrons. The van der Waals surface area contributed by atoms with Gasteiger partial charge >= 0.3 is 5.97 Å². The average molecular weight is 292 g/mol. The highest BCUT2D eigenvalue weighted by Crippen LogP contribution is 2.20. The fourth-order valence-electron chi connectivity index (χ4n) is 1.34. The van der Waals surface area contributed by atoms with Crippen molar-refractivity contribution in [3.63, 3.8) is 0 Å². The third kappa shape index (κ3) is 4.22. The summed E-state index contributed by atoms with van der Waals surface area (Å²) in [4.78, 5) is 10.5. The van der Waals surface area contributed by atoms with Crippen LogP contribution in [0.25, 0.3) is 0 Å². The molecule has 0 saturated carbocycles. The van der Waals surface area contributed by atoms with Gasteiger partial charge in [-0.05, 0) is 30.0 Å². The molecule has 1 aromatic rings. The van der Waals surface area contributed by atoms with E-state index in [0.717, 1.165) is 22.9 Å². The minimum atomic E-state index is -0.810. The summed E-state index contributed by atoms with van der Waals surface area (Å²) in [5.41, 5.74) is 1.98. The SMILES string of the molecule is O=C(O)Cc1ccc(CCCCl)c(Br)c1. The smallest absolute Gasteiger partial charge is 0.307 e. The van der Waals surface area contributed by atoms with Gasteiger partial charge in [0.15, 0.2) is 0 Å². The number of halogens is 2. The maximum atomic E-state index is 10.5. The average Bonchev–Trinajstić information content (AvgIpc) is 2.15. The first-order valence-corrected chi connectivity index (χ1v) is 6.01. The minimum absolute atomic E-state index is 0.0639. The molecular weight excluding hydrogens is 279 g/mol. The van der Waals surface area contributed by atoms with Crippen molar-refractivity contribution in [2.75, 3.05) is 5.88 Å². The highest BCUT2D eigenvalue weighted by Gasteiger charge is 2.04. The van der Waals surface area contributed by atoms with Crippen LogP contribution in [-0.2, 0) is 17.6 Å². The van der Waals surface area contributed by atoms with Crippen LogP contribution >= 0.6 is 27.5 Å². The van der Waals surface area contributed by atoms with E-state index >= 15 is 0 Å². The van der Waals surface area contributed by atoms with Crippen molar-refractivity contribution in [3.8, 4) is 0 Å². The third-order valence-electron chi connectivity index (χ3n) is 2.05. The summed E-state index contributed by atoms with van der Waals surface area (Å²) in [5, 5.41) is 8.64. The van der Waals surface area contributed by atoms with E-state index in [0.29, 0.717) is 5.88 Å². The van der Waals surface area contributed by atoms with Crippen molar-refractivity contribution in [2.24, 2.45) is 0 Å². The van der Waals surface area contributed by atoms with Crippen LogP contribution in [-0.4, -0.2) is 17.0 Å². The fourth-order valence-corrected chi connectivity index (χ4v) is 2.09. The molecule has 1 aromatic carbocycles. The molecule has 15 heavy (non-hydrogen) atoms. The number of aryl methyl sites for hydroxylation is 1. The maximum Gasteiger partial charge on any atom is 0.307 e.